The zero-order valence-electron chi connectivity index (χ0n) is 13.2. The third-order valence-electron chi connectivity index (χ3n) is 3.85. The van der Waals surface area contributed by atoms with Crippen molar-refractivity contribution in [3.05, 3.63) is 22.3 Å². The molecular formula is C16H24O4. The average molecular weight is 280 g/mol. The number of aliphatic hydroxyl groups is 1. The first kappa shape index (κ1) is 16.5. The van der Waals surface area contributed by atoms with Crippen molar-refractivity contribution in [1.29, 1.82) is 0 Å². The Kier molecular flexibility index (Phi) is 5.17. The Hall–Kier alpha value is -1.55. The summed E-state index contributed by atoms with van der Waals surface area (Å²) in [5, 5.41) is 9.85. The predicted octanol–water partition coefficient (Wildman–Crippen LogP) is 2.51. The van der Waals surface area contributed by atoms with E-state index >= 15 is 0 Å². The molecule has 4 nitrogen and oxygen atoms in total. The van der Waals surface area contributed by atoms with E-state index in [1.54, 1.807) is 14.2 Å². The van der Waals surface area contributed by atoms with Crippen LogP contribution in [0, 0.1) is 20.8 Å². The van der Waals surface area contributed by atoms with Crippen molar-refractivity contribution in [2.24, 2.45) is 0 Å². The fourth-order valence-electron chi connectivity index (χ4n) is 2.48. The topological polar surface area (TPSA) is 55.8 Å². The summed E-state index contributed by atoms with van der Waals surface area (Å²) in [6, 6.07) is 0. The minimum Gasteiger partial charge on any atom is -0.496 e. The largest absolute Gasteiger partial charge is 0.496 e. The molecule has 1 rings (SSSR count). The van der Waals surface area contributed by atoms with Crippen LogP contribution in [0.5, 0.6) is 11.5 Å². The number of hydrogen-bond donors (Lipinski definition) is 1. The summed E-state index contributed by atoms with van der Waals surface area (Å²) in [7, 11) is 3.28. The summed E-state index contributed by atoms with van der Waals surface area (Å²) < 4.78 is 11.0. The summed E-state index contributed by atoms with van der Waals surface area (Å²) in [5.41, 5.74) is 2.73. The third kappa shape index (κ3) is 3.12. The van der Waals surface area contributed by atoms with E-state index in [2.05, 4.69) is 0 Å². The Bertz CT molecular complexity index is 504. The van der Waals surface area contributed by atoms with Gasteiger partial charge in [-0.25, -0.2) is 0 Å². The van der Waals surface area contributed by atoms with Gasteiger partial charge in [-0.15, -0.1) is 0 Å². The van der Waals surface area contributed by atoms with E-state index in [4.69, 9.17) is 9.47 Å². The second kappa shape index (κ2) is 6.27. The van der Waals surface area contributed by atoms with E-state index in [1.807, 2.05) is 20.8 Å². The highest BCUT2D eigenvalue weighted by Gasteiger charge is 2.23. The Morgan fingerprint density at radius 1 is 1.05 bits per heavy atom. The molecule has 0 bridgehead atoms. The van der Waals surface area contributed by atoms with Crippen LogP contribution in [0.25, 0.3) is 0 Å². The van der Waals surface area contributed by atoms with Gasteiger partial charge in [0.05, 0.1) is 14.2 Å². The Balaban J connectivity index is 3.30. The summed E-state index contributed by atoms with van der Waals surface area (Å²) in [4.78, 5) is 10.8. The van der Waals surface area contributed by atoms with Gasteiger partial charge in [0.15, 0.2) is 6.29 Å². The number of carbonyl (C=O) groups is 1. The average Bonchev–Trinajstić information content (AvgIpc) is 2.42. The van der Waals surface area contributed by atoms with Crippen LogP contribution >= 0.6 is 0 Å². The van der Waals surface area contributed by atoms with Gasteiger partial charge >= 0.3 is 0 Å². The van der Waals surface area contributed by atoms with Crippen LogP contribution in [-0.2, 0) is 11.2 Å². The minimum atomic E-state index is -1.32. The lowest BCUT2D eigenvalue weighted by atomic mass is 9.91. The van der Waals surface area contributed by atoms with E-state index in [1.165, 1.54) is 6.92 Å². The molecule has 0 saturated carbocycles. The predicted molar refractivity (Wildman–Crippen MR) is 78.8 cm³/mol. The summed E-state index contributed by atoms with van der Waals surface area (Å²) in [5.74, 6) is 1.64. The van der Waals surface area contributed by atoms with Crippen molar-refractivity contribution < 1.29 is 19.4 Å². The molecule has 4 heteroatoms. The molecule has 0 aliphatic heterocycles. The molecule has 0 amide bonds. The van der Waals surface area contributed by atoms with Crippen molar-refractivity contribution in [3.8, 4) is 11.5 Å². The highest BCUT2D eigenvalue weighted by Crippen LogP contribution is 2.38. The number of hydrogen-bond acceptors (Lipinski definition) is 4. The lowest BCUT2D eigenvalue weighted by Crippen LogP contribution is -2.26. The maximum absolute atomic E-state index is 10.8. The van der Waals surface area contributed by atoms with E-state index in [0.29, 0.717) is 19.1 Å². The first-order valence-electron chi connectivity index (χ1n) is 6.68. The van der Waals surface area contributed by atoms with Crippen molar-refractivity contribution in [3.63, 3.8) is 0 Å². The molecular weight excluding hydrogens is 256 g/mol. The van der Waals surface area contributed by atoms with Crippen LogP contribution in [0.15, 0.2) is 0 Å². The number of benzene rings is 1. The van der Waals surface area contributed by atoms with Crippen LogP contribution in [-0.4, -0.2) is 31.2 Å². The van der Waals surface area contributed by atoms with E-state index in [0.717, 1.165) is 33.8 Å². The zero-order valence-corrected chi connectivity index (χ0v) is 13.2. The van der Waals surface area contributed by atoms with Crippen LogP contribution in [0.4, 0.5) is 0 Å². The molecule has 0 aromatic heterocycles. The van der Waals surface area contributed by atoms with Gasteiger partial charge in [-0.1, -0.05) is 0 Å². The standard InChI is InChI=1S/C16H24O4/c1-10-11(2)15(20-6)13(12(3)14(10)19-5)7-8-16(4,18)9-17/h9,18H,7-8H2,1-6H3. The van der Waals surface area contributed by atoms with Crippen molar-refractivity contribution in [2.45, 2.75) is 46.1 Å². The third-order valence-corrected chi connectivity index (χ3v) is 3.85. The number of methoxy groups -OCH3 is 2. The number of ether oxygens (including phenoxy) is 2. The van der Waals surface area contributed by atoms with Crippen LogP contribution in [0.1, 0.15) is 35.6 Å². The number of carbonyl (C=O) groups excluding carboxylic acids is 1. The second-order valence-electron chi connectivity index (χ2n) is 5.40. The normalized spacial score (nSPS) is 13.8. The number of aldehydes is 1. The summed E-state index contributed by atoms with van der Waals surface area (Å²) >= 11 is 0. The van der Waals surface area contributed by atoms with Gasteiger partial charge in [-0.2, -0.15) is 0 Å². The Morgan fingerprint density at radius 3 is 2.00 bits per heavy atom. The molecule has 20 heavy (non-hydrogen) atoms. The van der Waals surface area contributed by atoms with E-state index in [-0.39, 0.29) is 0 Å². The van der Waals surface area contributed by atoms with Crippen LogP contribution in [0.3, 0.4) is 0 Å². The zero-order chi connectivity index (χ0) is 15.5. The molecule has 0 aliphatic rings. The SMILES string of the molecule is COc1c(C)c(C)c(OC)c(CCC(C)(O)C=O)c1C. The van der Waals surface area contributed by atoms with Crippen molar-refractivity contribution in [2.75, 3.05) is 14.2 Å². The first-order chi connectivity index (χ1) is 9.29. The minimum absolute atomic E-state index is 0.347. The molecule has 112 valence electrons. The van der Waals surface area contributed by atoms with Gasteiger partial charge in [0.25, 0.3) is 0 Å². The fraction of sp³-hybridized carbons (Fsp3) is 0.562. The smallest absolute Gasteiger partial charge is 0.151 e. The highest BCUT2D eigenvalue weighted by atomic mass is 16.5. The van der Waals surface area contributed by atoms with Gasteiger partial charge in [-0.3, -0.25) is 0 Å². The van der Waals surface area contributed by atoms with Gasteiger partial charge < -0.3 is 19.4 Å². The maximum atomic E-state index is 10.8. The second-order valence-corrected chi connectivity index (χ2v) is 5.40. The molecule has 0 radical (unpaired) electrons. The van der Waals surface area contributed by atoms with Gasteiger partial charge in [0.1, 0.15) is 17.1 Å². The lowest BCUT2D eigenvalue weighted by molar-refractivity contribution is -0.122. The molecule has 1 aromatic carbocycles. The molecule has 0 saturated heterocycles. The monoisotopic (exact) mass is 280 g/mol. The van der Waals surface area contributed by atoms with Gasteiger partial charge in [0, 0.05) is 5.56 Å². The van der Waals surface area contributed by atoms with Crippen LogP contribution < -0.4 is 9.47 Å². The molecule has 1 unspecified atom stereocenters. The fourth-order valence-corrected chi connectivity index (χ4v) is 2.48. The summed E-state index contributed by atoms with van der Waals surface area (Å²) in [6.07, 6.45) is 1.48. The van der Waals surface area contributed by atoms with Crippen LogP contribution in [0.2, 0.25) is 0 Å². The van der Waals surface area contributed by atoms with Gasteiger partial charge in [0.2, 0.25) is 0 Å². The van der Waals surface area contributed by atoms with E-state index < -0.39 is 5.60 Å². The Morgan fingerprint density at radius 2 is 1.55 bits per heavy atom. The Labute approximate surface area is 120 Å². The molecule has 1 aromatic rings. The maximum Gasteiger partial charge on any atom is 0.151 e. The van der Waals surface area contributed by atoms with Crippen molar-refractivity contribution >= 4 is 6.29 Å². The quantitative estimate of drug-likeness (QED) is 0.813. The highest BCUT2D eigenvalue weighted by molar-refractivity contribution is 5.62. The molecule has 1 N–H and O–H groups in total. The summed E-state index contributed by atoms with van der Waals surface area (Å²) in [6.45, 7) is 7.46. The molecule has 0 spiro atoms. The number of rotatable bonds is 6. The van der Waals surface area contributed by atoms with Gasteiger partial charge in [-0.05, 0) is 57.2 Å². The molecule has 0 aliphatic carbocycles. The lowest BCUT2D eigenvalue weighted by Gasteiger charge is -2.22. The molecule has 0 fully saturated rings. The first-order valence-corrected chi connectivity index (χ1v) is 6.68. The molecule has 1 atom stereocenters. The molecule has 0 heterocycles. The van der Waals surface area contributed by atoms with Crippen molar-refractivity contribution in [1.82, 2.24) is 0 Å². The van der Waals surface area contributed by atoms with E-state index in [9.17, 15) is 9.90 Å².